The number of rotatable bonds is 6. The van der Waals surface area contributed by atoms with E-state index in [4.69, 9.17) is 0 Å². The molecule has 126 valence electrons. The van der Waals surface area contributed by atoms with Gasteiger partial charge in [0.25, 0.3) is 5.91 Å². The molecule has 2 N–H and O–H groups in total. The van der Waals surface area contributed by atoms with E-state index in [2.05, 4.69) is 20.6 Å². The number of carbonyl (C=O) groups is 1. The number of carbonyl (C=O) groups excluding carboxylic acids is 1. The van der Waals surface area contributed by atoms with Crippen LogP contribution in [0.15, 0.2) is 66.9 Å². The molecule has 5 nitrogen and oxygen atoms in total. The standard InChI is InChI=1S/C20H20N4O/c1-2-13-22-20(25)16-8-10-17(11-9-16)23-18-12-14-21-19(24-18)15-6-4-3-5-7-15/h3-12,14H,2,13H2,1H3,(H,22,25)(H,21,23,24). The summed E-state index contributed by atoms with van der Waals surface area (Å²) in [6.07, 6.45) is 2.65. The lowest BCUT2D eigenvalue weighted by Gasteiger charge is -2.08. The Kier molecular flexibility index (Phi) is 5.36. The van der Waals surface area contributed by atoms with Crippen molar-refractivity contribution in [2.75, 3.05) is 11.9 Å². The van der Waals surface area contributed by atoms with Gasteiger partial charge in [0.05, 0.1) is 0 Å². The number of anilines is 2. The van der Waals surface area contributed by atoms with Crippen molar-refractivity contribution < 1.29 is 4.79 Å². The summed E-state index contributed by atoms with van der Waals surface area (Å²) in [6.45, 7) is 2.71. The van der Waals surface area contributed by atoms with Gasteiger partial charge >= 0.3 is 0 Å². The Balaban J connectivity index is 1.71. The van der Waals surface area contributed by atoms with E-state index in [9.17, 15) is 4.79 Å². The Morgan fingerprint density at radius 1 is 1.00 bits per heavy atom. The fourth-order valence-corrected chi connectivity index (χ4v) is 2.35. The molecule has 25 heavy (non-hydrogen) atoms. The molecule has 0 saturated carbocycles. The molecule has 0 aliphatic carbocycles. The van der Waals surface area contributed by atoms with Crippen molar-refractivity contribution in [1.82, 2.24) is 15.3 Å². The predicted octanol–water partition coefficient (Wildman–Crippen LogP) is 4.03. The van der Waals surface area contributed by atoms with Crippen molar-refractivity contribution in [1.29, 1.82) is 0 Å². The Morgan fingerprint density at radius 2 is 1.76 bits per heavy atom. The van der Waals surface area contributed by atoms with E-state index in [0.717, 1.165) is 17.7 Å². The van der Waals surface area contributed by atoms with Crippen molar-refractivity contribution in [3.05, 3.63) is 72.4 Å². The van der Waals surface area contributed by atoms with E-state index < -0.39 is 0 Å². The third kappa shape index (κ3) is 4.41. The second kappa shape index (κ2) is 8.06. The normalized spacial score (nSPS) is 10.3. The van der Waals surface area contributed by atoms with Crippen LogP contribution in [0.3, 0.4) is 0 Å². The largest absolute Gasteiger partial charge is 0.352 e. The van der Waals surface area contributed by atoms with E-state index in [1.165, 1.54) is 0 Å². The Morgan fingerprint density at radius 3 is 2.48 bits per heavy atom. The van der Waals surface area contributed by atoms with Crippen molar-refractivity contribution in [2.24, 2.45) is 0 Å². The van der Waals surface area contributed by atoms with Gasteiger partial charge in [-0.2, -0.15) is 0 Å². The zero-order valence-electron chi connectivity index (χ0n) is 14.1. The van der Waals surface area contributed by atoms with Crippen molar-refractivity contribution >= 4 is 17.4 Å². The summed E-state index contributed by atoms with van der Waals surface area (Å²) in [5.74, 6) is 1.32. The van der Waals surface area contributed by atoms with Crippen LogP contribution in [-0.4, -0.2) is 22.4 Å². The molecule has 0 atom stereocenters. The molecule has 0 bridgehead atoms. The lowest BCUT2D eigenvalue weighted by Crippen LogP contribution is -2.23. The number of benzene rings is 2. The first kappa shape index (κ1) is 16.6. The fraction of sp³-hybridized carbons (Fsp3) is 0.150. The van der Waals surface area contributed by atoms with Crippen LogP contribution in [-0.2, 0) is 0 Å². The van der Waals surface area contributed by atoms with Crippen LogP contribution in [0.4, 0.5) is 11.5 Å². The highest BCUT2D eigenvalue weighted by molar-refractivity contribution is 5.94. The third-order valence-electron chi connectivity index (χ3n) is 3.64. The first-order chi connectivity index (χ1) is 12.3. The van der Waals surface area contributed by atoms with Crippen LogP contribution in [0.2, 0.25) is 0 Å². The van der Waals surface area contributed by atoms with Gasteiger partial charge in [-0.25, -0.2) is 9.97 Å². The molecule has 0 fully saturated rings. The van der Waals surface area contributed by atoms with Crippen LogP contribution in [0.25, 0.3) is 11.4 Å². The molecule has 3 rings (SSSR count). The van der Waals surface area contributed by atoms with Gasteiger partial charge in [0.15, 0.2) is 5.82 Å². The summed E-state index contributed by atoms with van der Waals surface area (Å²) in [4.78, 5) is 20.8. The van der Waals surface area contributed by atoms with Crippen LogP contribution >= 0.6 is 0 Å². The Labute approximate surface area is 147 Å². The summed E-state index contributed by atoms with van der Waals surface area (Å²) in [5, 5.41) is 6.10. The molecule has 0 spiro atoms. The van der Waals surface area contributed by atoms with Gasteiger partial charge in [0.2, 0.25) is 0 Å². The monoisotopic (exact) mass is 332 g/mol. The average molecular weight is 332 g/mol. The minimum Gasteiger partial charge on any atom is -0.352 e. The summed E-state index contributed by atoms with van der Waals surface area (Å²) < 4.78 is 0. The minimum atomic E-state index is -0.0539. The van der Waals surface area contributed by atoms with Gasteiger partial charge in [0.1, 0.15) is 5.82 Å². The summed E-state index contributed by atoms with van der Waals surface area (Å²) >= 11 is 0. The van der Waals surface area contributed by atoms with E-state index >= 15 is 0 Å². The highest BCUT2D eigenvalue weighted by Gasteiger charge is 2.05. The predicted molar refractivity (Wildman–Crippen MR) is 99.8 cm³/mol. The Bertz CT molecular complexity index is 832. The molecular weight excluding hydrogens is 312 g/mol. The number of hydrogen-bond acceptors (Lipinski definition) is 4. The van der Waals surface area contributed by atoms with E-state index in [1.54, 1.807) is 18.3 Å². The average Bonchev–Trinajstić information content (AvgIpc) is 2.67. The third-order valence-corrected chi connectivity index (χ3v) is 3.64. The lowest BCUT2D eigenvalue weighted by atomic mass is 10.2. The second-order valence-electron chi connectivity index (χ2n) is 5.59. The summed E-state index contributed by atoms with van der Waals surface area (Å²) in [7, 11) is 0. The number of aromatic nitrogens is 2. The summed E-state index contributed by atoms with van der Waals surface area (Å²) in [6, 6.07) is 19.0. The number of amides is 1. The van der Waals surface area contributed by atoms with E-state index in [-0.39, 0.29) is 5.91 Å². The molecule has 0 saturated heterocycles. The first-order valence-electron chi connectivity index (χ1n) is 8.30. The van der Waals surface area contributed by atoms with Crippen LogP contribution < -0.4 is 10.6 Å². The number of hydrogen-bond donors (Lipinski definition) is 2. The molecule has 0 radical (unpaired) electrons. The van der Waals surface area contributed by atoms with Gasteiger partial charge in [-0.05, 0) is 36.8 Å². The van der Waals surface area contributed by atoms with Gasteiger partial charge in [-0.15, -0.1) is 0 Å². The summed E-state index contributed by atoms with van der Waals surface area (Å²) in [5.41, 5.74) is 2.48. The van der Waals surface area contributed by atoms with Gasteiger partial charge in [-0.3, -0.25) is 4.79 Å². The van der Waals surface area contributed by atoms with Crippen molar-refractivity contribution in [3.8, 4) is 11.4 Å². The van der Waals surface area contributed by atoms with Gasteiger partial charge < -0.3 is 10.6 Å². The van der Waals surface area contributed by atoms with Crippen LogP contribution in [0.5, 0.6) is 0 Å². The molecule has 0 aliphatic heterocycles. The number of nitrogens with one attached hydrogen (secondary N) is 2. The molecule has 3 aromatic rings. The highest BCUT2D eigenvalue weighted by Crippen LogP contribution is 2.19. The number of nitrogens with zero attached hydrogens (tertiary/aromatic N) is 2. The maximum absolute atomic E-state index is 11.9. The molecule has 0 unspecified atom stereocenters. The van der Waals surface area contributed by atoms with Crippen LogP contribution in [0.1, 0.15) is 23.7 Å². The Hall–Kier alpha value is -3.21. The van der Waals surface area contributed by atoms with Crippen molar-refractivity contribution in [2.45, 2.75) is 13.3 Å². The fourth-order valence-electron chi connectivity index (χ4n) is 2.35. The smallest absolute Gasteiger partial charge is 0.251 e. The van der Waals surface area contributed by atoms with Crippen molar-refractivity contribution in [3.63, 3.8) is 0 Å². The SMILES string of the molecule is CCCNC(=O)c1ccc(Nc2ccnc(-c3ccccc3)n2)cc1. The molecule has 0 aliphatic rings. The maximum Gasteiger partial charge on any atom is 0.251 e. The van der Waals surface area contributed by atoms with E-state index in [0.29, 0.717) is 23.8 Å². The van der Waals surface area contributed by atoms with Crippen LogP contribution in [0, 0.1) is 0 Å². The molecule has 1 aromatic heterocycles. The molecule has 5 heteroatoms. The zero-order chi connectivity index (χ0) is 17.5. The molecule has 1 heterocycles. The topological polar surface area (TPSA) is 66.9 Å². The maximum atomic E-state index is 11.9. The second-order valence-corrected chi connectivity index (χ2v) is 5.59. The zero-order valence-corrected chi connectivity index (χ0v) is 14.1. The first-order valence-corrected chi connectivity index (χ1v) is 8.30. The van der Waals surface area contributed by atoms with Gasteiger partial charge in [-0.1, -0.05) is 37.3 Å². The van der Waals surface area contributed by atoms with Gasteiger partial charge in [0, 0.05) is 29.6 Å². The quantitative estimate of drug-likeness (QED) is 0.715. The lowest BCUT2D eigenvalue weighted by molar-refractivity contribution is 0.0953. The molecular formula is C20H20N4O. The molecule has 1 amide bonds. The van der Waals surface area contributed by atoms with E-state index in [1.807, 2.05) is 55.5 Å². The highest BCUT2D eigenvalue weighted by atomic mass is 16.1. The minimum absolute atomic E-state index is 0.0539. The molecule has 2 aromatic carbocycles.